The van der Waals surface area contributed by atoms with E-state index in [1.807, 2.05) is 19.9 Å². The van der Waals surface area contributed by atoms with Crippen molar-refractivity contribution in [2.75, 3.05) is 0 Å². The summed E-state index contributed by atoms with van der Waals surface area (Å²) in [5.74, 6) is -0.804. The van der Waals surface area contributed by atoms with Gasteiger partial charge in [-0.25, -0.2) is 14.2 Å². The number of unbranched alkanes of at least 4 members (excludes halogenated alkanes) is 2. The highest BCUT2D eigenvalue weighted by Crippen LogP contribution is 2.44. The van der Waals surface area contributed by atoms with Crippen LogP contribution in [-0.2, 0) is 17.4 Å². The molecule has 258 valence electrons. The van der Waals surface area contributed by atoms with E-state index in [0.717, 1.165) is 73.6 Å². The van der Waals surface area contributed by atoms with Gasteiger partial charge in [0.2, 0.25) is 0 Å². The molecular formula is C38H53O8P. The minimum Gasteiger partial charge on any atom is -0.478 e. The first kappa shape index (κ1) is 39.6. The Labute approximate surface area is 280 Å². The van der Waals surface area contributed by atoms with Crippen LogP contribution >= 0.6 is 7.82 Å². The lowest BCUT2D eigenvalue weighted by molar-refractivity contribution is 0.0650. The van der Waals surface area contributed by atoms with Crippen molar-refractivity contribution in [1.29, 1.82) is 0 Å². The molecule has 47 heavy (non-hydrogen) atoms. The summed E-state index contributed by atoms with van der Waals surface area (Å²) in [4.78, 5) is 33.4. The highest BCUT2D eigenvalue weighted by atomic mass is 31.2. The maximum atomic E-state index is 12.0. The van der Waals surface area contributed by atoms with Gasteiger partial charge in [-0.05, 0) is 80.0 Å². The molecule has 0 aliphatic rings. The average molecular weight is 669 g/mol. The monoisotopic (exact) mass is 668 g/mol. The van der Waals surface area contributed by atoms with Crippen LogP contribution in [0.25, 0.3) is 0 Å². The number of hydrogen-bond acceptors (Lipinski definition) is 5. The zero-order valence-electron chi connectivity index (χ0n) is 28.8. The molecule has 0 radical (unpaired) electrons. The molecule has 0 aromatic heterocycles. The third-order valence-electron chi connectivity index (χ3n) is 8.43. The molecule has 3 rings (SSSR count). The van der Waals surface area contributed by atoms with Gasteiger partial charge in [-0.1, -0.05) is 121 Å². The number of phosphoric acid groups is 1. The van der Waals surface area contributed by atoms with Crippen LogP contribution in [0.2, 0.25) is 0 Å². The molecule has 0 amide bonds. The van der Waals surface area contributed by atoms with E-state index in [1.54, 1.807) is 48.5 Å². The van der Waals surface area contributed by atoms with E-state index in [1.165, 1.54) is 12.5 Å². The zero-order valence-corrected chi connectivity index (χ0v) is 29.7. The number of benzene rings is 3. The first-order valence-corrected chi connectivity index (χ1v) is 18.3. The predicted molar refractivity (Wildman–Crippen MR) is 188 cm³/mol. The minimum absolute atomic E-state index is 0.00490. The van der Waals surface area contributed by atoms with Crippen LogP contribution in [0.4, 0.5) is 0 Å². The van der Waals surface area contributed by atoms with Gasteiger partial charge < -0.3 is 19.3 Å². The van der Waals surface area contributed by atoms with Gasteiger partial charge in [-0.15, -0.1) is 0 Å². The Hall–Kier alpha value is -3.61. The third-order valence-corrected chi connectivity index (χ3v) is 9.31. The van der Waals surface area contributed by atoms with Crippen LogP contribution in [0, 0.1) is 25.7 Å². The lowest BCUT2D eigenvalue weighted by Crippen LogP contribution is -2.18. The van der Waals surface area contributed by atoms with Gasteiger partial charge in [0.25, 0.3) is 0 Å². The van der Waals surface area contributed by atoms with Crippen molar-refractivity contribution >= 4 is 19.8 Å². The molecule has 0 saturated carbocycles. The first-order valence-electron chi connectivity index (χ1n) is 16.8. The zero-order chi connectivity index (χ0) is 35.0. The summed E-state index contributed by atoms with van der Waals surface area (Å²) in [5.41, 5.74) is 3.79. The lowest BCUT2D eigenvalue weighted by Gasteiger charge is -2.23. The molecular weight excluding hydrogens is 615 g/mol. The second-order valence-corrected chi connectivity index (χ2v) is 13.6. The van der Waals surface area contributed by atoms with E-state index in [-0.39, 0.29) is 11.1 Å². The van der Waals surface area contributed by atoms with E-state index >= 15 is 0 Å². The van der Waals surface area contributed by atoms with Gasteiger partial charge in [0.1, 0.15) is 11.5 Å². The molecule has 0 saturated heterocycles. The second-order valence-electron chi connectivity index (χ2n) is 12.3. The Bertz CT molecular complexity index is 1400. The average Bonchev–Trinajstić information content (AvgIpc) is 3.03. The van der Waals surface area contributed by atoms with Gasteiger partial charge in [0, 0.05) is 0 Å². The second kappa shape index (κ2) is 19.9. The van der Waals surface area contributed by atoms with E-state index in [4.69, 9.17) is 9.05 Å². The fourth-order valence-corrected chi connectivity index (χ4v) is 6.32. The third kappa shape index (κ3) is 13.6. The van der Waals surface area contributed by atoms with Crippen LogP contribution in [-0.4, -0.2) is 27.0 Å². The topological polar surface area (TPSA) is 130 Å². The van der Waals surface area contributed by atoms with E-state index < -0.39 is 19.8 Å². The maximum Gasteiger partial charge on any atom is 0.584 e. The van der Waals surface area contributed by atoms with E-state index in [2.05, 4.69) is 27.7 Å². The van der Waals surface area contributed by atoms with E-state index in [0.29, 0.717) is 29.8 Å². The summed E-state index contributed by atoms with van der Waals surface area (Å²) in [6.07, 6.45) is 10.2. The summed E-state index contributed by atoms with van der Waals surface area (Å²) in [6.45, 7) is 12.5. The standard InChI is InChI=1S/C24H38O4.C14H15O4P/c1-5-9-11-17(7-3)15-19-13-14-20(23(25)26)22(24(27)28)21(19)16-18(8-4)12-10-6-2;1-11-3-7-13(8-4-11)17-19(15,16)18-14-9-5-12(2)6-10-14/h13-14,17-18H,5-12,15-16H2,1-4H3,(H,25,26)(H,27,28);3-10H,1-2H3,(H,15,16). The molecule has 8 nitrogen and oxygen atoms in total. The Morgan fingerprint density at radius 2 is 1.13 bits per heavy atom. The van der Waals surface area contributed by atoms with Crippen LogP contribution in [0.15, 0.2) is 60.7 Å². The highest BCUT2D eigenvalue weighted by Gasteiger charge is 2.26. The van der Waals surface area contributed by atoms with Crippen molar-refractivity contribution in [2.24, 2.45) is 11.8 Å². The molecule has 0 aliphatic carbocycles. The molecule has 0 bridgehead atoms. The van der Waals surface area contributed by atoms with Crippen molar-refractivity contribution in [3.8, 4) is 11.5 Å². The van der Waals surface area contributed by atoms with Crippen molar-refractivity contribution in [2.45, 2.75) is 106 Å². The molecule has 3 aromatic carbocycles. The Morgan fingerprint density at radius 1 is 0.681 bits per heavy atom. The van der Waals surface area contributed by atoms with E-state index in [9.17, 15) is 29.3 Å². The molecule has 0 heterocycles. The first-order chi connectivity index (χ1) is 22.3. The van der Waals surface area contributed by atoms with Crippen molar-refractivity contribution in [3.05, 3.63) is 94.0 Å². The quantitative estimate of drug-likeness (QED) is 0.114. The van der Waals surface area contributed by atoms with Gasteiger partial charge in [0.15, 0.2) is 0 Å². The SMILES string of the molecule is CCCCC(CC)Cc1ccc(C(=O)O)c(C(=O)O)c1CC(CC)CCCC.Cc1ccc(OP(=O)(O)Oc2ccc(C)cc2)cc1. The summed E-state index contributed by atoms with van der Waals surface area (Å²) < 4.78 is 21.8. The highest BCUT2D eigenvalue weighted by molar-refractivity contribution is 7.48. The maximum absolute atomic E-state index is 12.0. The van der Waals surface area contributed by atoms with Crippen molar-refractivity contribution < 1.29 is 38.3 Å². The van der Waals surface area contributed by atoms with Crippen LogP contribution in [0.3, 0.4) is 0 Å². The summed E-state index contributed by atoms with van der Waals surface area (Å²) in [6, 6.07) is 17.0. The summed E-state index contributed by atoms with van der Waals surface area (Å²) in [5, 5.41) is 19.4. The van der Waals surface area contributed by atoms with Gasteiger partial charge in [0.05, 0.1) is 11.1 Å². The molecule has 9 heteroatoms. The molecule has 2 atom stereocenters. The van der Waals surface area contributed by atoms with Crippen LogP contribution < -0.4 is 9.05 Å². The van der Waals surface area contributed by atoms with Gasteiger partial charge in [-0.2, -0.15) is 0 Å². The Kier molecular flexibility index (Phi) is 16.8. The number of aromatic carboxylic acids is 2. The minimum atomic E-state index is -4.17. The number of hydrogen-bond donors (Lipinski definition) is 3. The smallest absolute Gasteiger partial charge is 0.478 e. The number of phosphoric ester groups is 1. The molecule has 3 aromatic rings. The number of carboxylic acid groups (broad SMARTS) is 2. The fraction of sp³-hybridized carbons (Fsp3) is 0.474. The normalized spacial score (nSPS) is 12.4. The number of carbonyl (C=O) groups is 2. The lowest BCUT2D eigenvalue weighted by atomic mass is 9.82. The number of carboxylic acids is 2. The summed E-state index contributed by atoms with van der Waals surface area (Å²) >= 11 is 0. The number of aryl methyl sites for hydroxylation is 2. The Morgan fingerprint density at radius 3 is 1.51 bits per heavy atom. The molecule has 3 N–H and O–H groups in total. The molecule has 0 fully saturated rings. The van der Waals surface area contributed by atoms with Crippen LogP contribution in [0.5, 0.6) is 11.5 Å². The number of rotatable bonds is 18. The molecule has 0 spiro atoms. The van der Waals surface area contributed by atoms with Crippen LogP contribution in [0.1, 0.15) is 122 Å². The van der Waals surface area contributed by atoms with Crippen molar-refractivity contribution in [3.63, 3.8) is 0 Å². The van der Waals surface area contributed by atoms with Gasteiger partial charge >= 0.3 is 19.8 Å². The van der Waals surface area contributed by atoms with Gasteiger partial charge in [-0.3, -0.25) is 4.89 Å². The largest absolute Gasteiger partial charge is 0.584 e. The predicted octanol–water partition coefficient (Wildman–Crippen LogP) is 10.5. The molecule has 0 aliphatic heterocycles. The fourth-order valence-electron chi connectivity index (χ4n) is 5.51. The molecule has 2 unspecified atom stereocenters. The summed E-state index contributed by atoms with van der Waals surface area (Å²) in [7, 11) is -4.17. The van der Waals surface area contributed by atoms with Crippen molar-refractivity contribution in [1.82, 2.24) is 0 Å². The Balaban J connectivity index is 0.000000350.